The highest BCUT2D eigenvalue weighted by molar-refractivity contribution is 5.94. The van der Waals surface area contributed by atoms with Crippen molar-refractivity contribution in [3.05, 3.63) is 71.4 Å². The molecule has 0 unspecified atom stereocenters. The highest BCUT2D eigenvalue weighted by Gasteiger charge is 2.13. The van der Waals surface area contributed by atoms with Gasteiger partial charge in [0.25, 0.3) is 5.91 Å². The van der Waals surface area contributed by atoms with E-state index in [1.165, 1.54) is 30.3 Å². The zero-order valence-corrected chi connectivity index (χ0v) is 13.9. The fourth-order valence-corrected chi connectivity index (χ4v) is 3.24. The molecule has 2 heterocycles. The van der Waals surface area contributed by atoms with E-state index in [1.54, 1.807) is 17.2 Å². The van der Waals surface area contributed by atoms with Gasteiger partial charge in [-0.15, -0.1) is 0 Å². The largest absolute Gasteiger partial charge is 0.348 e. The molecular weight excluding hydrogens is 314 g/mol. The number of nitrogens with zero attached hydrogens (tertiary/aromatic N) is 4. The number of hydrogen-bond acceptors (Lipinski definition) is 4. The topological polar surface area (TPSA) is 72.7 Å². The second kappa shape index (κ2) is 6.84. The fraction of sp³-hybridized carbons (Fsp3) is 0.263. The van der Waals surface area contributed by atoms with Crippen molar-refractivity contribution in [1.82, 2.24) is 25.1 Å². The molecule has 0 aliphatic heterocycles. The average Bonchev–Trinajstić information content (AvgIpc) is 3.20. The van der Waals surface area contributed by atoms with E-state index in [0.29, 0.717) is 17.9 Å². The molecular formula is C19H19N5O. The van der Waals surface area contributed by atoms with E-state index < -0.39 is 0 Å². The van der Waals surface area contributed by atoms with E-state index in [4.69, 9.17) is 0 Å². The molecule has 1 aliphatic carbocycles. The van der Waals surface area contributed by atoms with Crippen molar-refractivity contribution in [3.8, 4) is 5.82 Å². The summed E-state index contributed by atoms with van der Waals surface area (Å²) in [4.78, 5) is 20.8. The summed E-state index contributed by atoms with van der Waals surface area (Å²) in [5.41, 5.74) is 4.29. The van der Waals surface area contributed by atoms with Crippen LogP contribution in [0.15, 0.2) is 49.2 Å². The zero-order valence-electron chi connectivity index (χ0n) is 13.9. The van der Waals surface area contributed by atoms with Crippen LogP contribution in [0.3, 0.4) is 0 Å². The Morgan fingerprint density at radius 1 is 1.16 bits per heavy atom. The van der Waals surface area contributed by atoms with Crippen molar-refractivity contribution < 1.29 is 4.79 Å². The minimum absolute atomic E-state index is 0.0678. The number of rotatable bonds is 4. The van der Waals surface area contributed by atoms with Crippen LogP contribution >= 0.6 is 0 Å². The maximum Gasteiger partial charge on any atom is 0.251 e. The molecule has 126 valence electrons. The molecule has 0 fully saturated rings. The molecule has 0 atom stereocenters. The Morgan fingerprint density at radius 2 is 2.04 bits per heavy atom. The van der Waals surface area contributed by atoms with Gasteiger partial charge >= 0.3 is 0 Å². The van der Waals surface area contributed by atoms with Crippen LogP contribution in [0.25, 0.3) is 5.82 Å². The molecule has 1 N–H and O–H groups in total. The van der Waals surface area contributed by atoms with Crippen molar-refractivity contribution >= 4 is 5.91 Å². The highest BCUT2D eigenvalue weighted by Crippen LogP contribution is 2.22. The minimum atomic E-state index is -0.0678. The molecule has 1 amide bonds. The van der Waals surface area contributed by atoms with E-state index >= 15 is 0 Å². The third-order valence-electron chi connectivity index (χ3n) is 4.55. The number of hydrogen-bond donors (Lipinski definition) is 1. The van der Waals surface area contributed by atoms with Gasteiger partial charge in [-0.1, -0.05) is 12.1 Å². The second-order valence-electron chi connectivity index (χ2n) is 6.20. The third kappa shape index (κ3) is 3.28. The number of amides is 1. The van der Waals surface area contributed by atoms with Crippen LogP contribution in [-0.2, 0) is 19.4 Å². The number of fused-ring (bicyclic) bond motifs is 1. The highest BCUT2D eigenvalue weighted by atomic mass is 16.1. The summed E-state index contributed by atoms with van der Waals surface area (Å²) < 4.78 is 1.60. The molecule has 1 aliphatic rings. The fourth-order valence-electron chi connectivity index (χ4n) is 3.24. The summed E-state index contributed by atoms with van der Waals surface area (Å²) in [5, 5.41) is 7.09. The van der Waals surface area contributed by atoms with Gasteiger partial charge in [-0.3, -0.25) is 4.79 Å². The molecule has 0 bridgehead atoms. The Kier molecular flexibility index (Phi) is 4.24. The Bertz CT molecular complexity index is 889. The number of aromatic nitrogens is 4. The lowest BCUT2D eigenvalue weighted by Gasteiger charge is -2.16. The Morgan fingerprint density at radius 3 is 2.88 bits per heavy atom. The van der Waals surface area contributed by atoms with E-state index in [9.17, 15) is 4.79 Å². The Balaban J connectivity index is 1.50. The number of benzene rings is 1. The van der Waals surface area contributed by atoms with Gasteiger partial charge in [-0.05, 0) is 55.0 Å². The molecule has 0 radical (unpaired) electrons. The van der Waals surface area contributed by atoms with Crippen molar-refractivity contribution in [2.75, 3.05) is 0 Å². The van der Waals surface area contributed by atoms with Crippen LogP contribution in [0.5, 0.6) is 0 Å². The third-order valence-corrected chi connectivity index (χ3v) is 4.55. The number of nitrogens with one attached hydrogen (secondary N) is 1. The molecule has 0 saturated heterocycles. The molecule has 25 heavy (non-hydrogen) atoms. The van der Waals surface area contributed by atoms with E-state index in [0.717, 1.165) is 18.4 Å². The smallest absolute Gasteiger partial charge is 0.251 e. The lowest BCUT2D eigenvalue weighted by molar-refractivity contribution is 0.0950. The van der Waals surface area contributed by atoms with Crippen molar-refractivity contribution in [2.45, 2.75) is 32.2 Å². The van der Waals surface area contributed by atoms with Gasteiger partial charge in [0.2, 0.25) is 0 Å². The lowest BCUT2D eigenvalue weighted by atomic mass is 9.90. The molecule has 2 aromatic heterocycles. The summed E-state index contributed by atoms with van der Waals surface area (Å²) in [7, 11) is 0. The SMILES string of the molecule is O=C(NCc1cccnc1-n1cncn1)c1ccc2c(c1)CCCC2. The first kappa shape index (κ1) is 15.5. The summed E-state index contributed by atoms with van der Waals surface area (Å²) in [5.74, 6) is 0.604. The number of aryl methyl sites for hydroxylation is 2. The summed E-state index contributed by atoms with van der Waals surface area (Å²) in [6.07, 6.45) is 9.39. The van der Waals surface area contributed by atoms with Gasteiger partial charge in [-0.2, -0.15) is 5.10 Å². The maximum atomic E-state index is 12.5. The van der Waals surface area contributed by atoms with Crippen molar-refractivity contribution in [1.29, 1.82) is 0 Å². The van der Waals surface area contributed by atoms with Crippen LogP contribution in [0.1, 0.15) is 39.9 Å². The average molecular weight is 333 g/mol. The van der Waals surface area contributed by atoms with Gasteiger partial charge in [-0.25, -0.2) is 14.6 Å². The first-order valence-electron chi connectivity index (χ1n) is 8.50. The molecule has 6 heteroatoms. The quantitative estimate of drug-likeness (QED) is 0.796. The minimum Gasteiger partial charge on any atom is -0.348 e. The summed E-state index contributed by atoms with van der Waals surface area (Å²) in [6.45, 7) is 0.388. The van der Waals surface area contributed by atoms with Gasteiger partial charge in [0.05, 0.1) is 0 Å². The number of pyridine rings is 1. The second-order valence-corrected chi connectivity index (χ2v) is 6.20. The van der Waals surface area contributed by atoms with Gasteiger partial charge in [0.1, 0.15) is 12.7 Å². The maximum absolute atomic E-state index is 12.5. The summed E-state index contributed by atoms with van der Waals surface area (Å²) >= 11 is 0. The predicted octanol–water partition coefficient (Wildman–Crippen LogP) is 2.47. The standard InChI is InChI=1S/C19H19N5O/c25-19(16-8-7-14-4-1-2-5-15(14)10-16)22-11-17-6-3-9-21-18(17)24-13-20-12-23-24/h3,6-10,12-13H,1-2,4-5,11H2,(H,22,25). The van der Waals surface area contributed by atoms with Crippen LogP contribution in [0.4, 0.5) is 0 Å². The molecule has 6 nitrogen and oxygen atoms in total. The summed E-state index contributed by atoms with van der Waals surface area (Å²) in [6, 6.07) is 9.82. The van der Waals surface area contributed by atoms with Crippen LogP contribution in [0.2, 0.25) is 0 Å². The van der Waals surface area contributed by atoms with E-state index in [2.05, 4.69) is 26.4 Å². The number of carbonyl (C=O) groups is 1. The van der Waals surface area contributed by atoms with Gasteiger partial charge in [0.15, 0.2) is 5.82 Å². The normalized spacial score (nSPS) is 13.3. The lowest BCUT2D eigenvalue weighted by Crippen LogP contribution is -2.24. The zero-order chi connectivity index (χ0) is 17.1. The molecule has 3 aromatic rings. The first-order chi connectivity index (χ1) is 12.3. The number of carbonyl (C=O) groups excluding carboxylic acids is 1. The molecule has 4 rings (SSSR count). The van der Waals surface area contributed by atoms with Crippen molar-refractivity contribution in [3.63, 3.8) is 0 Å². The predicted molar refractivity (Wildman–Crippen MR) is 93.4 cm³/mol. The Labute approximate surface area is 145 Å². The van der Waals surface area contributed by atoms with E-state index in [1.807, 2.05) is 24.3 Å². The van der Waals surface area contributed by atoms with Crippen molar-refractivity contribution in [2.24, 2.45) is 0 Å². The molecule has 1 aromatic carbocycles. The van der Waals surface area contributed by atoms with Crippen LogP contribution in [-0.4, -0.2) is 25.7 Å². The monoisotopic (exact) mass is 333 g/mol. The van der Waals surface area contributed by atoms with E-state index in [-0.39, 0.29) is 5.91 Å². The van der Waals surface area contributed by atoms with Crippen LogP contribution < -0.4 is 5.32 Å². The Hall–Kier alpha value is -3.02. The molecule has 0 spiro atoms. The van der Waals surface area contributed by atoms with Crippen LogP contribution in [0, 0.1) is 0 Å². The first-order valence-corrected chi connectivity index (χ1v) is 8.50. The van der Waals surface area contributed by atoms with Gasteiger partial charge in [0, 0.05) is 23.9 Å². The molecule has 0 saturated carbocycles. The van der Waals surface area contributed by atoms with Gasteiger partial charge < -0.3 is 5.32 Å².